The van der Waals surface area contributed by atoms with Crippen molar-refractivity contribution in [2.75, 3.05) is 44.8 Å². The minimum atomic E-state index is -4.89. The first kappa shape index (κ1) is 29.7. The molecular formula is C24H28F6N6O4. The largest absolute Gasteiger partial charge is 0.423 e. The zero-order valence-corrected chi connectivity index (χ0v) is 21.2. The predicted octanol–water partition coefficient (Wildman–Crippen LogP) is 3.23. The fraction of sp³-hybridized carbons (Fsp3) is 0.625. The number of nitrogens with zero attached hydrogens (tertiary/aromatic N) is 4. The zero-order chi connectivity index (χ0) is 28.9. The number of likely N-dealkylation sites (tertiary alicyclic amines) is 1. The number of carbonyl (C=O) groups excluding carboxylic acids is 1. The van der Waals surface area contributed by atoms with Gasteiger partial charge >= 0.3 is 12.4 Å². The van der Waals surface area contributed by atoms with Gasteiger partial charge in [0, 0.05) is 43.9 Å². The van der Waals surface area contributed by atoms with Crippen molar-refractivity contribution in [3.05, 3.63) is 45.9 Å². The molecule has 4 heterocycles. The molecule has 40 heavy (non-hydrogen) atoms. The Morgan fingerprint density at radius 2 is 1.80 bits per heavy atom. The molecule has 1 amide bonds. The van der Waals surface area contributed by atoms with Gasteiger partial charge in [0.15, 0.2) is 0 Å². The maximum atomic E-state index is 13.5. The van der Waals surface area contributed by atoms with Crippen LogP contribution in [0.15, 0.2) is 23.4 Å². The average Bonchev–Trinajstić information content (AvgIpc) is 3.44. The molecule has 4 rings (SSSR count). The molecule has 2 fully saturated rings. The number of nitrogens with one attached hydrogen (secondary N) is 2. The topological polar surface area (TPSA) is 122 Å². The van der Waals surface area contributed by atoms with E-state index in [-0.39, 0.29) is 37.4 Å². The minimum absolute atomic E-state index is 0.0201. The van der Waals surface area contributed by atoms with Crippen LogP contribution in [0.25, 0.3) is 0 Å². The van der Waals surface area contributed by atoms with Gasteiger partial charge in [-0.25, -0.2) is 15.1 Å². The number of hydrogen-bond donors (Lipinski definition) is 2. The second-order valence-corrected chi connectivity index (χ2v) is 9.67. The summed E-state index contributed by atoms with van der Waals surface area (Å²) in [5, 5.41) is 8.01. The molecule has 2 aliphatic heterocycles. The third-order valence-corrected chi connectivity index (χ3v) is 6.98. The second kappa shape index (κ2) is 12.5. The molecule has 0 unspecified atom stereocenters. The van der Waals surface area contributed by atoms with Gasteiger partial charge in [-0.3, -0.25) is 9.59 Å². The average molecular weight is 579 g/mol. The van der Waals surface area contributed by atoms with Crippen LogP contribution in [0.4, 0.5) is 32.0 Å². The highest BCUT2D eigenvalue weighted by atomic mass is 19.4. The third-order valence-electron chi connectivity index (χ3n) is 6.98. The maximum Gasteiger partial charge on any atom is 0.423 e. The number of hydrogen-bond acceptors (Lipinski definition) is 8. The van der Waals surface area contributed by atoms with Crippen LogP contribution in [0.5, 0.6) is 0 Å². The standard InChI is InChI=1S/C24H28F6N6O4/c25-23(26,27)16-9-31-21(32-10-16)14-1-5-36(6-2-14)19(37)4-8-40-13-18(15-3-7-39-12-15)34-17-11-33-35-22(38)20(17)24(28,29)30/h9-11,14-15,18H,1-8,12-13H2,(H2,34,35,38)/t15-,18+/m1/s1. The van der Waals surface area contributed by atoms with Crippen molar-refractivity contribution >= 4 is 11.6 Å². The fourth-order valence-electron chi connectivity index (χ4n) is 4.76. The minimum Gasteiger partial charge on any atom is -0.381 e. The summed E-state index contributed by atoms with van der Waals surface area (Å²) in [4.78, 5) is 33.8. The Bertz CT molecular complexity index is 1190. The van der Waals surface area contributed by atoms with Crippen LogP contribution >= 0.6 is 0 Å². The number of aromatic amines is 1. The summed E-state index contributed by atoms with van der Waals surface area (Å²) in [6.07, 6.45) is -5.38. The SMILES string of the molecule is O=C(CCOC[C@H](Nc1cn[nH]c(=O)c1C(F)(F)F)[C@@H]1CCOC1)N1CCC(c2ncc(C(F)(F)F)cn2)CC1. The second-order valence-electron chi connectivity index (χ2n) is 9.67. The van der Waals surface area contributed by atoms with Crippen LogP contribution in [0.2, 0.25) is 0 Å². The number of halogens is 6. The zero-order valence-electron chi connectivity index (χ0n) is 21.2. The molecule has 2 aromatic rings. The first-order valence-corrected chi connectivity index (χ1v) is 12.7. The highest BCUT2D eigenvalue weighted by Gasteiger charge is 2.39. The van der Waals surface area contributed by atoms with Gasteiger partial charge in [-0.05, 0) is 19.3 Å². The molecule has 10 nitrogen and oxygen atoms in total. The molecule has 220 valence electrons. The van der Waals surface area contributed by atoms with E-state index in [4.69, 9.17) is 9.47 Å². The Kier molecular flexibility index (Phi) is 9.28. The Morgan fingerprint density at radius 1 is 1.10 bits per heavy atom. The normalized spacial score (nSPS) is 19.6. The predicted molar refractivity (Wildman–Crippen MR) is 127 cm³/mol. The van der Waals surface area contributed by atoms with Crippen molar-refractivity contribution in [2.24, 2.45) is 5.92 Å². The van der Waals surface area contributed by atoms with E-state index in [1.807, 2.05) is 0 Å². The quantitative estimate of drug-likeness (QED) is 0.344. The van der Waals surface area contributed by atoms with Crippen LogP contribution in [-0.2, 0) is 26.6 Å². The van der Waals surface area contributed by atoms with E-state index in [9.17, 15) is 35.9 Å². The molecule has 0 bridgehead atoms. The van der Waals surface area contributed by atoms with Crippen LogP contribution in [0, 0.1) is 5.92 Å². The number of H-pyrrole nitrogens is 1. The Morgan fingerprint density at radius 3 is 2.40 bits per heavy atom. The molecule has 0 aliphatic carbocycles. The molecule has 0 saturated carbocycles. The first-order chi connectivity index (χ1) is 18.9. The summed E-state index contributed by atoms with van der Waals surface area (Å²) in [6, 6.07) is -0.623. The molecule has 2 N–H and O–H groups in total. The van der Waals surface area contributed by atoms with Crippen LogP contribution in [0.3, 0.4) is 0 Å². The first-order valence-electron chi connectivity index (χ1n) is 12.7. The maximum absolute atomic E-state index is 13.5. The number of ether oxygens (including phenoxy) is 2. The lowest BCUT2D eigenvalue weighted by Gasteiger charge is -2.31. The number of anilines is 1. The summed E-state index contributed by atoms with van der Waals surface area (Å²) in [5.74, 6) is -0.215. The molecule has 2 aliphatic rings. The lowest BCUT2D eigenvalue weighted by molar-refractivity contribution is -0.139. The van der Waals surface area contributed by atoms with E-state index in [0.717, 1.165) is 18.6 Å². The van der Waals surface area contributed by atoms with Crippen molar-refractivity contribution in [3.63, 3.8) is 0 Å². The third kappa shape index (κ3) is 7.47. The van der Waals surface area contributed by atoms with E-state index < -0.39 is 40.8 Å². The highest BCUT2D eigenvalue weighted by molar-refractivity contribution is 5.76. The summed E-state index contributed by atoms with van der Waals surface area (Å²) >= 11 is 0. The van der Waals surface area contributed by atoms with Crippen LogP contribution in [0.1, 0.15) is 48.6 Å². The van der Waals surface area contributed by atoms with Crippen molar-refractivity contribution < 1.29 is 40.6 Å². The molecule has 2 saturated heterocycles. The van der Waals surface area contributed by atoms with Crippen molar-refractivity contribution in [1.82, 2.24) is 25.1 Å². The molecular weight excluding hydrogens is 550 g/mol. The molecule has 0 spiro atoms. The van der Waals surface area contributed by atoms with E-state index >= 15 is 0 Å². The van der Waals surface area contributed by atoms with Crippen LogP contribution in [-0.4, -0.2) is 76.5 Å². The number of aromatic nitrogens is 4. The molecule has 16 heteroatoms. The van der Waals surface area contributed by atoms with Crippen molar-refractivity contribution in [2.45, 2.75) is 50.0 Å². The van der Waals surface area contributed by atoms with E-state index in [0.29, 0.717) is 51.4 Å². The number of alkyl halides is 6. The Labute approximate surface area is 224 Å². The lowest BCUT2D eigenvalue weighted by atomic mass is 9.95. The fourth-order valence-corrected chi connectivity index (χ4v) is 4.76. The number of carbonyl (C=O) groups is 1. The van der Waals surface area contributed by atoms with Gasteiger partial charge in [-0.15, -0.1) is 0 Å². The summed E-state index contributed by atoms with van der Waals surface area (Å²) < 4.78 is 89.6. The molecule has 2 aromatic heterocycles. The van der Waals surface area contributed by atoms with E-state index in [1.165, 1.54) is 0 Å². The van der Waals surface area contributed by atoms with E-state index in [1.54, 1.807) is 10.00 Å². The number of amides is 1. The van der Waals surface area contributed by atoms with Crippen molar-refractivity contribution in [3.8, 4) is 0 Å². The van der Waals surface area contributed by atoms with Gasteiger partial charge in [0.2, 0.25) is 5.91 Å². The van der Waals surface area contributed by atoms with Gasteiger partial charge < -0.3 is 19.7 Å². The summed E-state index contributed by atoms with van der Waals surface area (Å²) in [5.41, 5.74) is -4.13. The van der Waals surface area contributed by atoms with Gasteiger partial charge in [0.25, 0.3) is 5.56 Å². The smallest absolute Gasteiger partial charge is 0.381 e. The monoisotopic (exact) mass is 578 g/mol. The summed E-state index contributed by atoms with van der Waals surface area (Å²) in [7, 11) is 0. The van der Waals surface area contributed by atoms with Gasteiger partial charge in [0.05, 0.1) is 49.7 Å². The van der Waals surface area contributed by atoms with Gasteiger partial charge in [-0.1, -0.05) is 0 Å². The molecule has 0 radical (unpaired) electrons. The highest BCUT2D eigenvalue weighted by Crippen LogP contribution is 2.33. The molecule has 0 aromatic carbocycles. The molecule has 2 atom stereocenters. The number of rotatable bonds is 9. The Hall–Kier alpha value is -3.27. The summed E-state index contributed by atoms with van der Waals surface area (Å²) in [6.45, 7) is 1.50. The Balaban J connectivity index is 1.26. The number of piperidine rings is 1. The van der Waals surface area contributed by atoms with Gasteiger partial charge in [0.1, 0.15) is 11.4 Å². The van der Waals surface area contributed by atoms with Crippen LogP contribution < -0.4 is 10.9 Å². The van der Waals surface area contributed by atoms with Crippen molar-refractivity contribution in [1.29, 1.82) is 0 Å². The van der Waals surface area contributed by atoms with E-state index in [2.05, 4.69) is 20.4 Å². The van der Waals surface area contributed by atoms with Gasteiger partial charge in [-0.2, -0.15) is 31.4 Å². The lowest BCUT2D eigenvalue weighted by Crippen LogP contribution is -2.39.